The van der Waals surface area contributed by atoms with Gasteiger partial charge in [0.15, 0.2) is 0 Å². The van der Waals surface area contributed by atoms with E-state index in [1.807, 2.05) is 0 Å². The SMILES string of the molecule is C=C(c1ccccc1)[C@@]12CC[C@@H](C)[C@@H]1CC(CCCC(=O)O)=C2c1ccccc1. The highest BCUT2D eigenvalue weighted by atomic mass is 16.4. The number of hydrogen-bond acceptors (Lipinski definition) is 1. The number of benzene rings is 2. The lowest BCUT2D eigenvalue weighted by Gasteiger charge is -2.37. The van der Waals surface area contributed by atoms with Gasteiger partial charge in [-0.3, -0.25) is 4.79 Å². The van der Waals surface area contributed by atoms with E-state index in [0.717, 1.165) is 19.3 Å². The van der Waals surface area contributed by atoms with Crippen LogP contribution >= 0.6 is 0 Å². The fourth-order valence-corrected chi connectivity index (χ4v) is 5.87. The van der Waals surface area contributed by atoms with E-state index < -0.39 is 5.97 Å². The molecule has 0 bridgehead atoms. The van der Waals surface area contributed by atoms with Crippen molar-refractivity contribution in [3.63, 3.8) is 0 Å². The Labute approximate surface area is 174 Å². The van der Waals surface area contributed by atoms with Crippen molar-refractivity contribution in [2.75, 3.05) is 0 Å². The molecule has 1 N–H and O–H groups in total. The number of rotatable bonds is 7. The van der Waals surface area contributed by atoms with Crippen molar-refractivity contribution in [3.05, 3.63) is 83.9 Å². The third kappa shape index (κ3) is 3.46. The average Bonchev–Trinajstić information content (AvgIpc) is 3.23. The number of fused-ring (bicyclic) bond motifs is 1. The highest BCUT2D eigenvalue weighted by molar-refractivity contribution is 5.90. The molecule has 0 aromatic heterocycles. The van der Waals surface area contributed by atoms with Gasteiger partial charge in [-0.2, -0.15) is 0 Å². The minimum absolute atomic E-state index is 0.0410. The number of allylic oxidation sites excluding steroid dienone is 3. The summed E-state index contributed by atoms with van der Waals surface area (Å²) in [5.41, 5.74) is 6.59. The van der Waals surface area contributed by atoms with Gasteiger partial charge < -0.3 is 5.11 Å². The van der Waals surface area contributed by atoms with Gasteiger partial charge in [0.1, 0.15) is 0 Å². The molecule has 2 aromatic rings. The summed E-state index contributed by atoms with van der Waals surface area (Å²) in [6.07, 6.45) is 5.21. The zero-order valence-electron chi connectivity index (χ0n) is 17.2. The van der Waals surface area contributed by atoms with Crippen molar-refractivity contribution >= 4 is 17.1 Å². The first-order chi connectivity index (χ1) is 14.0. The smallest absolute Gasteiger partial charge is 0.303 e. The largest absolute Gasteiger partial charge is 0.481 e. The predicted molar refractivity (Wildman–Crippen MR) is 119 cm³/mol. The fraction of sp³-hybridized carbons (Fsp3) is 0.370. The van der Waals surface area contributed by atoms with Gasteiger partial charge in [-0.1, -0.05) is 79.7 Å². The first kappa shape index (κ1) is 19.7. The molecular weight excluding hydrogens is 356 g/mol. The molecule has 2 aromatic carbocycles. The maximum absolute atomic E-state index is 11.1. The highest BCUT2D eigenvalue weighted by Crippen LogP contribution is 2.67. The maximum atomic E-state index is 11.1. The molecule has 2 heteroatoms. The Bertz CT molecular complexity index is 926. The molecule has 0 spiro atoms. The zero-order valence-corrected chi connectivity index (χ0v) is 17.2. The summed E-state index contributed by atoms with van der Waals surface area (Å²) < 4.78 is 0. The molecule has 3 atom stereocenters. The van der Waals surface area contributed by atoms with Crippen molar-refractivity contribution in [2.24, 2.45) is 17.3 Å². The van der Waals surface area contributed by atoms with E-state index in [4.69, 9.17) is 5.11 Å². The molecule has 0 radical (unpaired) electrons. The first-order valence-corrected chi connectivity index (χ1v) is 10.8. The number of aliphatic carboxylic acids is 1. The van der Waals surface area contributed by atoms with E-state index in [0.29, 0.717) is 18.3 Å². The monoisotopic (exact) mass is 386 g/mol. The van der Waals surface area contributed by atoms with Crippen molar-refractivity contribution in [2.45, 2.75) is 45.4 Å². The topological polar surface area (TPSA) is 37.3 Å². The van der Waals surface area contributed by atoms with E-state index in [9.17, 15) is 4.79 Å². The third-order valence-corrected chi connectivity index (χ3v) is 7.17. The van der Waals surface area contributed by atoms with E-state index in [1.54, 1.807) is 0 Å². The molecule has 0 heterocycles. The van der Waals surface area contributed by atoms with E-state index in [1.165, 1.54) is 34.3 Å². The molecule has 2 aliphatic rings. The Kier molecular flexibility index (Phi) is 5.45. The standard InChI is InChI=1S/C27H30O2/c1-19-16-17-27(20(2)21-10-5-3-6-11-21)24(19)18-23(14-9-15-25(28)29)26(27)22-12-7-4-8-13-22/h3-8,10-13,19,24H,2,9,14-18H2,1H3,(H,28,29)/t19-,24+,27+/m1/s1. The third-order valence-electron chi connectivity index (χ3n) is 7.17. The van der Waals surface area contributed by atoms with Gasteiger partial charge in [-0.25, -0.2) is 0 Å². The summed E-state index contributed by atoms with van der Waals surface area (Å²) >= 11 is 0. The summed E-state index contributed by atoms with van der Waals surface area (Å²) in [5.74, 6) is 0.484. The van der Waals surface area contributed by atoms with Gasteiger partial charge in [0.05, 0.1) is 0 Å². The zero-order chi connectivity index (χ0) is 20.4. The van der Waals surface area contributed by atoms with Crippen LogP contribution in [0.3, 0.4) is 0 Å². The number of carbonyl (C=O) groups is 1. The van der Waals surface area contributed by atoms with Gasteiger partial charge in [0.25, 0.3) is 0 Å². The van der Waals surface area contributed by atoms with E-state index in [2.05, 4.69) is 74.2 Å². The molecule has 0 aliphatic heterocycles. The number of hydrogen-bond donors (Lipinski definition) is 1. The second-order valence-corrected chi connectivity index (χ2v) is 8.73. The minimum Gasteiger partial charge on any atom is -0.481 e. The van der Waals surface area contributed by atoms with Crippen LogP contribution in [0.25, 0.3) is 11.1 Å². The Morgan fingerprint density at radius 1 is 1.10 bits per heavy atom. The van der Waals surface area contributed by atoms with E-state index >= 15 is 0 Å². The fourth-order valence-electron chi connectivity index (χ4n) is 5.87. The molecule has 150 valence electrons. The maximum Gasteiger partial charge on any atom is 0.303 e. The van der Waals surface area contributed by atoms with Crippen LogP contribution in [0.4, 0.5) is 0 Å². The average molecular weight is 387 g/mol. The summed E-state index contributed by atoms with van der Waals surface area (Å²) in [6, 6.07) is 21.3. The van der Waals surface area contributed by atoms with Crippen LogP contribution in [0.5, 0.6) is 0 Å². The second-order valence-electron chi connectivity index (χ2n) is 8.73. The Morgan fingerprint density at radius 3 is 2.41 bits per heavy atom. The van der Waals surface area contributed by atoms with Crippen molar-refractivity contribution < 1.29 is 9.90 Å². The Balaban J connectivity index is 1.83. The molecule has 0 amide bonds. The summed E-state index contributed by atoms with van der Waals surface area (Å²) in [6.45, 7) is 7.05. The molecule has 29 heavy (non-hydrogen) atoms. The van der Waals surface area contributed by atoms with Crippen molar-refractivity contribution in [3.8, 4) is 0 Å². The van der Waals surface area contributed by atoms with Gasteiger partial charge in [-0.15, -0.1) is 0 Å². The molecule has 0 saturated heterocycles. The van der Waals surface area contributed by atoms with Crippen LogP contribution in [-0.4, -0.2) is 11.1 Å². The van der Waals surface area contributed by atoms with Crippen molar-refractivity contribution in [1.29, 1.82) is 0 Å². The molecule has 1 saturated carbocycles. The van der Waals surface area contributed by atoms with Gasteiger partial charge in [0.2, 0.25) is 0 Å². The molecule has 4 rings (SSSR count). The minimum atomic E-state index is -0.707. The lowest BCUT2D eigenvalue weighted by molar-refractivity contribution is -0.137. The normalized spacial score (nSPS) is 25.8. The van der Waals surface area contributed by atoms with Crippen LogP contribution in [-0.2, 0) is 4.79 Å². The molecule has 0 unspecified atom stereocenters. The summed E-state index contributed by atoms with van der Waals surface area (Å²) in [5, 5.41) is 9.13. The first-order valence-electron chi connectivity index (χ1n) is 10.8. The van der Waals surface area contributed by atoms with Gasteiger partial charge in [-0.05, 0) is 66.2 Å². The second kappa shape index (κ2) is 8.02. The van der Waals surface area contributed by atoms with Gasteiger partial charge >= 0.3 is 5.97 Å². The van der Waals surface area contributed by atoms with Crippen molar-refractivity contribution in [1.82, 2.24) is 0 Å². The Morgan fingerprint density at radius 2 is 1.76 bits per heavy atom. The van der Waals surface area contributed by atoms with Crippen LogP contribution < -0.4 is 0 Å². The van der Waals surface area contributed by atoms with Crippen LogP contribution in [0.15, 0.2) is 72.8 Å². The number of carboxylic acid groups (broad SMARTS) is 1. The quantitative estimate of drug-likeness (QED) is 0.565. The van der Waals surface area contributed by atoms with E-state index in [-0.39, 0.29) is 11.8 Å². The molecule has 2 nitrogen and oxygen atoms in total. The van der Waals surface area contributed by atoms with Crippen LogP contribution in [0.1, 0.15) is 56.6 Å². The molecule has 2 aliphatic carbocycles. The Hall–Kier alpha value is -2.61. The molecule has 1 fully saturated rings. The lowest BCUT2D eigenvalue weighted by atomic mass is 9.66. The predicted octanol–water partition coefficient (Wildman–Crippen LogP) is 6.84. The molecular formula is C27H30O2. The summed E-state index contributed by atoms with van der Waals surface area (Å²) in [7, 11) is 0. The van der Waals surface area contributed by atoms with Crippen LogP contribution in [0, 0.1) is 17.3 Å². The highest BCUT2D eigenvalue weighted by Gasteiger charge is 2.55. The van der Waals surface area contributed by atoms with Gasteiger partial charge in [0, 0.05) is 11.8 Å². The lowest BCUT2D eigenvalue weighted by Crippen LogP contribution is -2.26. The summed E-state index contributed by atoms with van der Waals surface area (Å²) in [4.78, 5) is 11.1. The number of carboxylic acids is 1. The van der Waals surface area contributed by atoms with Crippen LogP contribution in [0.2, 0.25) is 0 Å².